The largest absolute Gasteiger partial charge is 0.372 e. The second-order valence-electron chi connectivity index (χ2n) is 3.85. The lowest BCUT2D eigenvalue weighted by Gasteiger charge is -2.08. The molecule has 1 amide bonds. The van der Waals surface area contributed by atoms with E-state index in [9.17, 15) is 9.18 Å². The van der Waals surface area contributed by atoms with Gasteiger partial charge in [-0.3, -0.25) is 4.79 Å². The third kappa shape index (κ3) is 3.25. The number of hydrogen-bond donors (Lipinski definition) is 2. The van der Waals surface area contributed by atoms with Crippen molar-refractivity contribution in [3.63, 3.8) is 0 Å². The zero-order valence-electron chi connectivity index (χ0n) is 10.5. The number of thiazole rings is 1. The molecule has 0 aliphatic heterocycles. The lowest BCUT2D eigenvalue weighted by Crippen LogP contribution is -2.24. The Kier molecular flexibility index (Phi) is 4.06. The van der Waals surface area contributed by atoms with Gasteiger partial charge in [-0.05, 0) is 13.0 Å². The molecule has 0 atom stereocenters. The van der Waals surface area contributed by atoms with Crippen LogP contribution in [0.15, 0.2) is 18.5 Å². The van der Waals surface area contributed by atoms with Crippen LogP contribution < -0.4 is 10.6 Å². The van der Waals surface area contributed by atoms with Gasteiger partial charge in [-0.1, -0.05) is 0 Å². The molecule has 0 radical (unpaired) electrons. The molecule has 100 valence electrons. The summed E-state index contributed by atoms with van der Waals surface area (Å²) in [6, 6.07) is 1.15. The Morgan fingerprint density at radius 2 is 2.21 bits per heavy atom. The maximum Gasteiger partial charge on any atom is 0.255 e. The average Bonchev–Trinajstić information content (AvgIpc) is 2.81. The predicted molar refractivity (Wildman–Crippen MR) is 71.8 cm³/mol. The number of carbonyl (C=O) groups excluding carboxylic acids is 1. The highest BCUT2D eigenvalue weighted by molar-refractivity contribution is 7.11. The summed E-state index contributed by atoms with van der Waals surface area (Å²) in [5.41, 5.74) is 0.177. The van der Waals surface area contributed by atoms with Crippen molar-refractivity contribution in [3.05, 3.63) is 39.7 Å². The fraction of sp³-hybridized carbons (Fsp3) is 0.250. The summed E-state index contributed by atoms with van der Waals surface area (Å²) < 4.78 is 13.1. The third-order valence-electron chi connectivity index (χ3n) is 2.41. The number of nitrogens with one attached hydrogen (secondary N) is 2. The minimum absolute atomic E-state index is 0.177. The van der Waals surface area contributed by atoms with Crippen LogP contribution in [0.3, 0.4) is 0 Å². The quantitative estimate of drug-likeness (QED) is 0.898. The Hall–Kier alpha value is -2.02. The molecule has 0 bridgehead atoms. The lowest BCUT2D eigenvalue weighted by atomic mass is 10.2. The first-order valence-corrected chi connectivity index (χ1v) is 6.44. The first-order chi connectivity index (χ1) is 9.10. The van der Waals surface area contributed by atoms with E-state index in [2.05, 4.69) is 20.6 Å². The van der Waals surface area contributed by atoms with Crippen molar-refractivity contribution < 1.29 is 9.18 Å². The summed E-state index contributed by atoms with van der Waals surface area (Å²) in [5, 5.41) is 6.25. The summed E-state index contributed by atoms with van der Waals surface area (Å²) >= 11 is 1.51. The van der Waals surface area contributed by atoms with E-state index in [4.69, 9.17) is 0 Å². The Labute approximate surface area is 113 Å². The molecule has 2 aromatic heterocycles. The number of halogens is 1. The first kappa shape index (κ1) is 13.4. The number of aromatic nitrogens is 2. The molecule has 0 saturated carbocycles. The number of aryl methyl sites for hydroxylation is 1. The van der Waals surface area contributed by atoms with Gasteiger partial charge in [0.05, 0.1) is 18.3 Å². The molecule has 7 heteroatoms. The van der Waals surface area contributed by atoms with Crippen molar-refractivity contribution in [2.75, 3.05) is 12.4 Å². The molecule has 0 aliphatic carbocycles. The number of anilines is 1. The van der Waals surface area contributed by atoms with Gasteiger partial charge in [0, 0.05) is 18.1 Å². The first-order valence-electron chi connectivity index (χ1n) is 5.63. The van der Waals surface area contributed by atoms with Crippen LogP contribution in [0.2, 0.25) is 0 Å². The second-order valence-corrected chi connectivity index (χ2v) is 5.17. The monoisotopic (exact) mass is 280 g/mol. The summed E-state index contributed by atoms with van der Waals surface area (Å²) in [6.45, 7) is 2.26. The van der Waals surface area contributed by atoms with Gasteiger partial charge in [0.15, 0.2) is 0 Å². The topological polar surface area (TPSA) is 66.9 Å². The molecular formula is C12H13FN4OS. The van der Waals surface area contributed by atoms with Gasteiger partial charge in [-0.15, -0.1) is 11.3 Å². The molecule has 0 fully saturated rings. The third-order valence-corrected chi connectivity index (χ3v) is 3.32. The highest BCUT2D eigenvalue weighted by atomic mass is 32.1. The van der Waals surface area contributed by atoms with Gasteiger partial charge >= 0.3 is 0 Å². The number of nitrogens with zero attached hydrogens (tertiary/aromatic N) is 2. The fourth-order valence-electron chi connectivity index (χ4n) is 1.55. The molecule has 2 aromatic rings. The maximum absolute atomic E-state index is 13.1. The molecular weight excluding hydrogens is 267 g/mol. The Morgan fingerprint density at radius 1 is 1.42 bits per heavy atom. The van der Waals surface area contributed by atoms with Gasteiger partial charge in [0.25, 0.3) is 5.91 Å². The van der Waals surface area contributed by atoms with Crippen LogP contribution >= 0.6 is 11.3 Å². The molecule has 0 aliphatic rings. The van der Waals surface area contributed by atoms with Crippen LogP contribution in [0.25, 0.3) is 0 Å². The van der Waals surface area contributed by atoms with Crippen LogP contribution in [0.1, 0.15) is 20.2 Å². The van der Waals surface area contributed by atoms with E-state index in [-0.39, 0.29) is 11.5 Å². The molecule has 0 aromatic carbocycles. The highest BCUT2D eigenvalue weighted by Crippen LogP contribution is 2.14. The summed E-state index contributed by atoms with van der Waals surface area (Å²) in [4.78, 5) is 21.0. The zero-order chi connectivity index (χ0) is 13.8. The Morgan fingerprint density at radius 3 is 2.84 bits per heavy atom. The predicted octanol–water partition coefficient (Wildman–Crippen LogP) is 1.96. The molecule has 0 unspecified atom stereocenters. The van der Waals surface area contributed by atoms with Gasteiger partial charge in [-0.2, -0.15) is 0 Å². The van der Waals surface area contributed by atoms with Gasteiger partial charge in [-0.25, -0.2) is 14.4 Å². The summed E-state index contributed by atoms with van der Waals surface area (Å²) in [7, 11) is 1.63. The highest BCUT2D eigenvalue weighted by Gasteiger charge is 2.13. The van der Waals surface area contributed by atoms with Crippen molar-refractivity contribution in [1.29, 1.82) is 0 Å². The van der Waals surface area contributed by atoms with Crippen molar-refractivity contribution in [3.8, 4) is 0 Å². The number of carbonyl (C=O) groups is 1. The number of pyridine rings is 1. The molecule has 2 heterocycles. The normalized spacial score (nSPS) is 10.3. The van der Waals surface area contributed by atoms with Crippen LogP contribution in [0.5, 0.6) is 0 Å². The van der Waals surface area contributed by atoms with E-state index >= 15 is 0 Å². The molecule has 2 N–H and O–H groups in total. The van der Waals surface area contributed by atoms with E-state index < -0.39 is 5.82 Å². The van der Waals surface area contributed by atoms with Gasteiger partial charge in [0.1, 0.15) is 16.6 Å². The average molecular weight is 280 g/mol. The minimum atomic E-state index is -0.547. The van der Waals surface area contributed by atoms with E-state index in [0.717, 1.165) is 22.1 Å². The standard InChI is InChI=1S/C12H13FN4OS/c1-7-4-15-10(19-7)6-17-12(18)9-3-8(13)5-16-11(9)14-2/h3-5H,6H2,1-2H3,(H,14,16)(H,17,18). The van der Waals surface area contributed by atoms with E-state index in [1.165, 1.54) is 11.3 Å². The Balaban J connectivity index is 2.09. The summed E-state index contributed by atoms with van der Waals surface area (Å²) in [5.74, 6) is -0.590. The van der Waals surface area contributed by atoms with E-state index in [1.807, 2.05) is 6.92 Å². The van der Waals surface area contributed by atoms with Gasteiger partial charge < -0.3 is 10.6 Å². The van der Waals surface area contributed by atoms with Crippen LogP contribution in [0, 0.1) is 12.7 Å². The van der Waals surface area contributed by atoms with E-state index in [0.29, 0.717) is 12.4 Å². The van der Waals surface area contributed by atoms with Crippen molar-refractivity contribution in [2.24, 2.45) is 0 Å². The van der Waals surface area contributed by atoms with Crippen molar-refractivity contribution >= 4 is 23.1 Å². The molecule has 5 nitrogen and oxygen atoms in total. The smallest absolute Gasteiger partial charge is 0.255 e. The lowest BCUT2D eigenvalue weighted by molar-refractivity contribution is 0.0951. The summed E-state index contributed by atoms with van der Waals surface area (Å²) in [6.07, 6.45) is 2.81. The van der Waals surface area contributed by atoms with E-state index in [1.54, 1.807) is 13.2 Å². The van der Waals surface area contributed by atoms with Crippen molar-refractivity contribution in [1.82, 2.24) is 15.3 Å². The SMILES string of the molecule is CNc1ncc(F)cc1C(=O)NCc1ncc(C)s1. The molecule has 2 rings (SSSR count). The molecule has 0 spiro atoms. The van der Waals surface area contributed by atoms with Crippen molar-refractivity contribution in [2.45, 2.75) is 13.5 Å². The van der Waals surface area contributed by atoms with Crippen LogP contribution in [-0.4, -0.2) is 22.9 Å². The second kappa shape index (κ2) is 5.75. The fourth-order valence-corrected chi connectivity index (χ4v) is 2.27. The minimum Gasteiger partial charge on any atom is -0.372 e. The number of rotatable bonds is 4. The van der Waals surface area contributed by atoms with Crippen LogP contribution in [-0.2, 0) is 6.54 Å². The van der Waals surface area contributed by atoms with Crippen LogP contribution in [0.4, 0.5) is 10.2 Å². The molecule has 0 saturated heterocycles. The number of hydrogen-bond acceptors (Lipinski definition) is 5. The zero-order valence-corrected chi connectivity index (χ0v) is 11.3. The Bertz CT molecular complexity index is 599. The van der Waals surface area contributed by atoms with Gasteiger partial charge in [0.2, 0.25) is 0 Å². The molecule has 19 heavy (non-hydrogen) atoms. The maximum atomic E-state index is 13.1. The number of amides is 1.